The molecule has 0 spiro atoms. The molecule has 0 saturated heterocycles. The number of rotatable bonds is 3. The molecule has 1 amide bonds. The molecule has 2 heterocycles. The molecule has 0 bridgehead atoms. The maximum atomic E-state index is 14.6. The van der Waals surface area contributed by atoms with E-state index < -0.39 is 5.82 Å². The number of anilines is 2. The highest BCUT2D eigenvalue weighted by molar-refractivity contribution is 6.06. The van der Waals surface area contributed by atoms with Crippen LogP contribution in [0, 0.1) is 12.7 Å². The fraction of sp³-hybridized carbons (Fsp3) is 0.286. The van der Waals surface area contributed by atoms with Crippen LogP contribution in [-0.2, 0) is 13.0 Å². The van der Waals surface area contributed by atoms with Gasteiger partial charge in [-0.1, -0.05) is 12.5 Å². The van der Waals surface area contributed by atoms with E-state index in [1.807, 2.05) is 11.5 Å². The molecule has 1 aromatic heterocycles. The minimum atomic E-state index is -0.391. The maximum absolute atomic E-state index is 14.6. The Labute approximate surface area is 162 Å². The zero-order valence-corrected chi connectivity index (χ0v) is 15.7. The van der Waals surface area contributed by atoms with Gasteiger partial charge in [0.2, 0.25) is 0 Å². The van der Waals surface area contributed by atoms with E-state index in [2.05, 4.69) is 15.5 Å². The standard InChI is InChI=1S/C21H22FN5O/c1-13-6-7-14(23)11-16(13)21(28)24-15-8-9-18(22)17(12-15)20-26-25-19-5-3-2-4-10-27(19)20/h6-9,11-12H,2-5,10,23H2,1H3,(H,24,28). The SMILES string of the molecule is Cc1ccc(N)cc1C(=O)Nc1ccc(F)c(-c2nnc3n2CCCCC3)c1. The van der Waals surface area contributed by atoms with Gasteiger partial charge in [-0.25, -0.2) is 4.39 Å². The average molecular weight is 379 g/mol. The number of nitrogen functional groups attached to an aromatic ring is 1. The van der Waals surface area contributed by atoms with Gasteiger partial charge in [0, 0.05) is 29.9 Å². The second-order valence-electron chi connectivity index (χ2n) is 7.13. The van der Waals surface area contributed by atoms with Crippen LogP contribution in [0.4, 0.5) is 15.8 Å². The first-order valence-corrected chi connectivity index (χ1v) is 9.42. The number of aromatic nitrogens is 3. The highest BCUT2D eigenvalue weighted by atomic mass is 19.1. The quantitative estimate of drug-likeness (QED) is 0.675. The summed E-state index contributed by atoms with van der Waals surface area (Å²) in [7, 11) is 0. The summed E-state index contributed by atoms with van der Waals surface area (Å²) in [5.74, 6) is 0.711. The molecule has 144 valence electrons. The van der Waals surface area contributed by atoms with E-state index in [9.17, 15) is 9.18 Å². The number of amides is 1. The van der Waals surface area contributed by atoms with E-state index in [0.29, 0.717) is 28.3 Å². The van der Waals surface area contributed by atoms with Crippen molar-refractivity contribution in [2.75, 3.05) is 11.1 Å². The molecule has 0 atom stereocenters. The maximum Gasteiger partial charge on any atom is 0.256 e. The highest BCUT2D eigenvalue weighted by Crippen LogP contribution is 2.28. The van der Waals surface area contributed by atoms with Gasteiger partial charge < -0.3 is 15.6 Å². The van der Waals surface area contributed by atoms with Crippen LogP contribution in [0.2, 0.25) is 0 Å². The summed E-state index contributed by atoms with van der Waals surface area (Å²) in [6.45, 7) is 2.62. The number of aryl methyl sites for hydroxylation is 2. The minimum Gasteiger partial charge on any atom is -0.399 e. The van der Waals surface area contributed by atoms with Crippen molar-refractivity contribution in [2.24, 2.45) is 0 Å². The second kappa shape index (κ2) is 7.42. The first-order chi connectivity index (χ1) is 13.5. The summed E-state index contributed by atoms with van der Waals surface area (Å²) in [4.78, 5) is 12.7. The molecule has 0 radical (unpaired) electrons. The lowest BCUT2D eigenvalue weighted by Gasteiger charge is -2.11. The third kappa shape index (κ3) is 3.47. The predicted molar refractivity (Wildman–Crippen MR) is 107 cm³/mol. The van der Waals surface area contributed by atoms with Crippen LogP contribution in [0.25, 0.3) is 11.4 Å². The van der Waals surface area contributed by atoms with E-state index in [1.54, 1.807) is 24.3 Å². The topological polar surface area (TPSA) is 85.8 Å². The molecular formula is C21H22FN5O. The van der Waals surface area contributed by atoms with Crippen molar-refractivity contribution in [3.8, 4) is 11.4 Å². The van der Waals surface area contributed by atoms with Gasteiger partial charge in [0.05, 0.1) is 5.56 Å². The Hall–Kier alpha value is -3.22. The van der Waals surface area contributed by atoms with Crippen LogP contribution in [-0.4, -0.2) is 20.7 Å². The molecule has 0 aliphatic carbocycles. The van der Waals surface area contributed by atoms with E-state index >= 15 is 0 Å². The Bertz CT molecular complexity index is 1040. The number of nitrogens with zero attached hydrogens (tertiary/aromatic N) is 3. The summed E-state index contributed by atoms with van der Waals surface area (Å²) in [5, 5.41) is 11.3. The summed E-state index contributed by atoms with van der Waals surface area (Å²) in [6.07, 6.45) is 4.06. The smallest absolute Gasteiger partial charge is 0.256 e. The fourth-order valence-electron chi connectivity index (χ4n) is 3.54. The van der Waals surface area contributed by atoms with Gasteiger partial charge in [0.15, 0.2) is 5.82 Å². The van der Waals surface area contributed by atoms with Crippen molar-refractivity contribution in [1.82, 2.24) is 14.8 Å². The molecule has 1 aliphatic heterocycles. The molecule has 0 saturated carbocycles. The third-order valence-electron chi connectivity index (χ3n) is 5.08. The van der Waals surface area contributed by atoms with Crippen LogP contribution >= 0.6 is 0 Å². The molecule has 3 aromatic rings. The zero-order valence-electron chi connectivity index (χ0n) is 15.7. The van der Waals surface area contributed by atoms with Crippen molar-refractivity contribution in [2.45, 2.75) is 39.2 Å². The second-order valence-corrected chi connectivity index (χ2v) is 7.13. The number of hydrogen-bond donors (Lipinski definition) is 2. The number of fused-ring (bicyclic) bond motifs is 1. The molecule has 1 aliphatic rings. The third-order valence-corrected chi connectivity index (χ3v) is 5.08. The van der Waals surface area contributed by atoms with Crippen LogP contribution in [0.1, 0.15) is 41.0 Å². The first kappa shape index (κ1) is 18.2. The fourth-order valence-corrected chi connectivity index (χ4v) is 3.54. The molecular weight excluding hydrogens is 357 g/mol. The molecule has 3 N–H and O–H groups in total. The van der Waals surface area contributed by atoms with Crippen molar-refractivity contribution >= 4 is 17.3 Å². The van der Waals surface area contributed by atoms with Gasteiger partial charge in [-0.3, -0.25) is 4.79 Å². The number of nitrogens with one attached hydrogen (secondary N) is 1. The average Bonchev–Trinajstić information content (AvgIpc) is 2.93. The molecule has 0 unspecified atom stereocenters. The molecule has 7 heteroatoms. The van der Waals surface area contributed by atoms with Crippen molar-refractivity contribution in [3.63, 3.8) is 0 Å². The van der Waals surface area contributed by atoms with E-state index in [0.717, 1.165) is 43.6 Å². The molecule has 6 nitrogen and oxygen atoms in total. The van der Waals surface area contributed by atoms with Crippen molar-refractivity contribution in [3.05, 3.63) is 59.2 Å². The largest absolute Gasteiger partial charge is 0.399 e. The summed E-state index contributed by atoms with van der Waals surface area (Å²) in [5.41, 5.74) is 8.45. The van der Waals surface area contributed by atoms with E-state index in [1.165, 1.54) is 12.1 Å². The first-order valence-electron chi connectivity index (χ1n) is 9.42. The number of hydrogen-bond acceptors (Lipinski definition) is 4. The van der Waals surface area contributed by atoms with Gasteiger partial charge in [0.1, 0.15) is 11.6 Å². The number of halogens is 1. The number of benzene rings is 2. The summed E-state index contributed by atoms with van der Waals surface area (Å²) < 4.78 is 16.6. The Morgan fingerprint density at radius 2 is 2.00 bits per heavy atom. The number of nitrogens with two attached hydrogens (primary N) is 1. The van der Waals surface area contributed by atoms with Gasteiger partial charge >= 0.3 is 0 Å². The van der Waals surface area contributed by atoms with Crippen LogP contribution in [0.5, 0.6) is 0 Å². The van der Waals surface area contributed by atoms with Crippen LogP contribution < -0.4 is 11.1 Å². The van der Waals surface area contributed by atoms with Gasteiger partial charge in [0.25, 0.3) is 5.91 Å². The Balaban J connectivity index is 1.66. The Kier molecular flexibility index (Phi) is 4.81. The predicted octanol–water partition coefficient (Wildman–Crippen LogP) is 3.95. The van der Waals surface area contributed by atoms with Gasteiger partial charge in [-0.2, -0.15) is 0 Å². The van der Waals surface area contributed by atoms with Gasteiger partial charge in [-0.05, 0) is 55.7 Å². The Morgan fingerprint density at radius 1 is 1.14 bits per heavy atom. The van der Waals surface area contributed by atoms with E-state index in [4.69, 9.17) is 5.73 Å². The molecule has 4 rings (SSSR count). The normalized spacial score (nSPS) is 13.6. The monoisotopic (exact) mass is 379 g/mol. The van der Waals surface area contributed by atoms with Crippen LogP contribution in [0.15, 0.2) is 36.4 Å². The summed E-state index contributed by atoms with van der Waals surface area (Å²) >= 11 is 0. The Morgan fingerprint density at radius 3 is 2.86 bits per heavy atom. The number of carbonyl (C=O) groups is 1. The van der Waals surface area contributed by atoms with Crippen LogP contribution in [0.3, 0.4) is 0 Å². The van der Waals surface area contributed by atoms with Crippen molar-refractivity contribution in [1.29, 1.82) is 0 Å². The zero-order chi connectivity index (χ0) is 19.7. The molecule has 28 heavy (non-hydrogen) atoms. The lowest BCUT2D eigenvalue weighted by Crippen LogP contribution is -2.14. The highest BCUT2D eigenvalue weighted by Gasteiger charge is 2.19. The molecule has 0 fully saturated rings. The summed E-state index contributed by atoms with van der Waals surface area (Å²) in [6, 6.07) is 9.67. The lowest BCUT2D eigenvalue weighted by atomic mass is 10.1. The lowest BCUT2D eigenvalue weighted by molar-refractivity contribution is 0.102. The molecule has 2 aromatic carbocycles. The number of carbonyl (C=O) groups excluding carboxylic acids is 1. The minimum absolute atomic E-state index is 0.289. The van der Waals surface area contributed by atoms with Gasteiger partial charge in [-0.15, -0.1) is 10.2 Å². The van der Waals surface area contributed by atoms with E-state index in [-0.39, 0.29) is 5.91 Å². The van der Waals surface area contributed by atoms with Crippen molar-refractivity contribution < 1.29 is 9.18 Å².